The summed E-state index contributed by atoms with van der Waals surface area (Å²) in [5, 5.41) is 11.9. The summed E-state index contributed by atoms with van der Waals surface area (Å²) < 4.78 is 27.3. The van der Waals surface area contributed by atoms with Gasteiger partial charge in [-0.05, 0) is 73.5 Å². The lowest BCUT2D eigenvalue weighted by Crippen LogP contribution is -2.28. The van der Waals surface area contributed by atoms with Crippen LogP contribution in [0.25, 0.3) is 32.9 Å². The molecule has 0 saturated carbocycles. The van der Waals surface area contributed by atoms with Crippen LogP contribution in [0.3, 0.4) is 0 Å². The van der Waals surface area contributed by atoms with Gasteiger partial charge in [0.25, 0.3) is 0 Å². The number of pyridine rings is 2. The number of thioether (sulfide) groups is 1. The normalized spacial score (nSPS) is 12.1. The van der Waals surface area contributed by atoms with E-state index in [4.69, 9.17) is 9.47 Å². The molecule has 0 aliphatic carbocycles. The van der Waals surface area contributed by atoms with Gasteiger partial charge >= 0.3 is 5.97 Å². The Morgan fingerprint density at radius 2 is 1.67 bits per heavy atom. The van der Waals surface area contributed by atoms with Crippen molar-refractivity contribution in [3.8, 4) is 22.8 Å². The first-order chi connectivity index (χ1) is 23.3. The van der Waals surface area contributed by atoms with Crippen molar-refractivity contribution in [2.24, 2.45) is 5.41 Å². The third-order valence-corrected chi connectivity index (χ3v) is 9.63. The maximum Gasteiger partial charge on any atom is 0.309 e. The van der Waals surface area contributed by atoms with Gasteiger partial charge in [0.1, 0.15) is 18.2 Å². The molecule has 49 heavy (non-hydrogen) atoms. The van der Waals surface area contributed by atoms with Gasteiger partial charge in [-0.1, -0.05) is 51.1 Å². The van der Waals surface area contributed by atoms with Gasteiger partial charge in [-0.15, -0.1) is 11.8 Å². The van der Waals surface area contributed by atoms with Crippen LogP contribution in [-0.2, 0) is 24.4 Å². The van der Waals surface area contributed by atoms with Crippen LogP contribution in [0.4, 0.5) is 4.39 Å². The molecule has 3 aromatic heterocycles. The minimum atomic E-state index is -0.992. The van der Waals surface area contributed by atoms with Crippen LogP contribution in [0.5, 0.6) is 11.6 Å². The number of carboxylic acids is 1. The molecule has 0 fully saturated rings. The molecule has 6 rings (SSSR count). The lowest BCUT2D eigenvalue weighted by atomic mass is 9.88. The predicted molar refractivity (Wildman–Crippen MR) is 194 cm³/mol. The van der Waals surface area contributed by atoms with Gasteiger partial charge in [0, 0.05) is 62.4 Å². The molecule has 7 nitrogen and oxygen atoms in total. The fourth-order valence-electron chi connectivity index (χ4n) is 5.75. The summed E-state index contributed by atoms with van der Waals surface area (Å²) in [6.45, 7) is 10.9. The van der Waals surface area contributed by atoms with E-state index in [2.05, 4.69) is 65.6 Å². The number of methoxy groups -OCH3 is 1. The van der Waals surface area contributed by atoms with E-state index in [0.29, 0.717) is 30.1 Å². The lowest BCUT2D eigenvalue weighted by Gasteiger charge is -2.24. The molecule has 0 saturated heterocycles. The van der Waals surface area contributed by atoms with Gasteiger partial charge in [0.05, 0.1) is 23.7 Å². The maximum atomic E-state index is 13.7. The standard InChI is InChI=1S/C40H40FN3O4S/c1-39(2,3)49-37-32-20-31(48-24-30-14-11-27-19-29(41)13-16-33(27)43-30)15-17-34(32)44(35(37)21-40(4,5)38(45)46)23-25-7-9-26(10-8-25)28-12-18-36(47-6)42-22-28/h7-20,22H,21,23-24H2,1-6H3,(H,45,46). The smallest absolute Gasteiger partial charge is 0.309 e. The SMILES string of the molecule is COc1ccc(-c2ccc(Cn3c(CC(C)(C)C(=O)O)c(SC(C)(C)C)c4cc(OCc5ccc6cc(F)ccc6n5)ccc43)cc2)cn1. The highest BCUT2D eigenvalue weighted by Crippen LogP contribution is 2.44. The molecule has 252 valence electrons. The molecule has 0 aliphatic heterocycles. The molecule has 0 unspecified atom stereocenters. The Morgan fingerprint density at radius 3 is 2.35 bits per heavy atom. The molecule has 3 heterocycles. The largest absolute Gasteiger partial charge is 0.487 e. The van der Waals surface area contributed by atoms with Gasteiger partial charge < -0.3 is 19.1 Å². The van der Waals surface area contributed by atoms with Gasteiger partial charge in [-0.2, -0.15) is 0 Å². The Morgan fingerprint density at radius 1 is 0.918 bits per heavy atom. The summed E-state index contributed by atoms with van der Waals surface area (Å²) in [4.78, 5) is 22.5. The fourth-order valence-corrected chi connectivity index (χ4v) is 6.94. The van der Waals surface area contributed by atoms with Crippen LogP contribution < -0.4 is 9.47 Å². The van der Waals surface area contributed by atoms with Crippen LogP contribution in [-0.4, -0.2) is 37.5 Å². The van der Waals surface area contributed by atoms with E-state index in [-0.39, 0.29) is 17.2 Å². The molecule has 1 N–H and O–H groups in total. The summed E-state index contributed by atoms with van der Waals surface area (Å²) in [6, 6.07) is 26.5. The first-order valence-electron chi connectivity index (χ1n) is 16.1. The predicted octanol–water partition coefficient (Wildman–Crippen LogP) is 9.57. The molecule has 3 aromatic carbocycles. The second-order valence-corrected chi connectivity index (χ2v) is 15.7. The summed E-state index contributed by atoms with van der Waals surface area (Å²) in [7, 11) is 1.60. The van der Waals surface area contributed by atoms with E-state index in [1.165, 1.54) is 12.1 Å². The zero-order chi connectivity index (χ0) is 34.9. The molecule has 0 radical (unpaired) electrons. The third kappa shape index (κ3) is 7.73. The Kier molecular flexibility index (Phi) is 9.40. The summed E-state index contributed by atoms with van der Waals surface area (Å²) in [5.41, 5.74) is 5.56. The van der Waals surface area contributed by atoms with Crippen LogP contribution in [0.1, 0.15) is 51.6 Å². The molecular weight excluding hydrogens is 638 g/mol. The molecule has 9 heteroatoms. The highest BCUT2D eigenvalue weighted by molar-refractivity contribution is 8.00. The van der Waals surface area contributed by atoms with Crippen molar-refractivity contribution >= 4 is 39.5 Å². The molecule has 6 aromatic rings. The van der Waals surface area contributed by atoms with Crippen molar-refractivity contribution < 1.29 is 23.8 Å². The highest BCUT2D eigenvalue weighted by atomic mass is 32.2. The number of aliphatic carboxylic acids is 1. The molecule has 0 amide bonds. The Balaban J connectivity index is 1.38. The minimum absolute atomic E-state index is 0.138. The maximum absolute atomic E-state index is 13.7. The summed E-state index contributed by atoms with van der Waals surface area (Å²) in [5.74, 6) is 0.111. The Hall–Kier alpha value is -4.89. The van der Waals surface area contributed by atoms with Crippen LogP contribution >= 0.6 is 11.8 Å². The fraction of sp³-hybridized carbons (Fsp3) is 0.275. The molecule has 0 spiro atoms. The topological polar surface area (TPSA) is 86.5 Å². The number of ether oxygens (including phenoxy) is 2. The van der Waals surface area contributed by atoms with E-state index in [0.717, 1.165) is 49.3 Å². The van der Waals surface area contributed by atoms with Gasteiger partial charge in [-0.3, -0.25) is 4.79 Å². The Bertz CT molecular complexity index is 2140. The second kappa shape index (κ2) is 13.6. The lowest BCUT2D eigenvalue weighted by molar-refractivity contribution is -0.146. The van der Waals surface area contributed by atoms with Crippen molar-refractivity contribution in [3.63, 3.8) is 0 Å². The molecule has 0 aliphatic rings. The molecular formula is C40H40FN3O4S. The Labute approximate surface area is 290 Å². The molecule has 0 atom stereocenters. The van der Waals surface area contributed by atoms with Gasteiger partial charge in [-0.25, -0.2) is 14.4 Å². The van der Waals surface area contributed by atoms with E-state index < -0.39 is 11.4 Å². The zero-order valence-electron chi connectivity index (χ0n) is 28.6. The number of fused-ring (bicyclic) bond motifs is 2. The number of carbonyl (C=O) groups is 1. The van der Waals surface area contributed by atoms with Crippen LogP contribution in [0.2, 0.25) is 0 Å². The molecule has 0 bridgehead atoms. The van der Waals surface area contributed by atoms with E-state index in [1.54, 1.807) is 45.0 Å². The van der Waals surface area contributed by atoms with Crippen LogP contribution in [0.15, 0.2) is 96.0 Å². The average Bonchev–Trinajstić information content (AvgIpc) is 3.33. The average molecular weight is 678 g/mol. The number of halogens is 1. The quantitative estimate of drug-likeness (QED) is 0.137. The zero-order valence-corrected chi connectivity index (χ0v) is 29.4. The number of aromatic nitrogens is 3. The van der Waals surface area contributed by atoms with Crippen molar-refractivity contribution in [2.45, 2.75) is 63.8 Å². The van der Waals surface area contributed by atoms with Crippen molar-refractivity contribution in [1.29, 1.82) is 0 Å². The number of carboxylic acid groups (broad SMARTS) is 1. The number of nitrogens with zero attached hydrogens (tertiary/aromatic N) is 3. The third-order valence-electron chi connectivity index (χ3n) is 8.36. The first kappa shape index (κ1) is 34.0. The highest BCUT2D eigenvalue weighted by Gasteiger charge is 2.33. The van der Waals surface area contributed by atoms with Crippen molar-refractivity contribution in [2.75, 3.05) is 7.11 Å². The monoisotopic (exact) mass is 677 g/mol. The van der Waals surface area contributed by atoms with E-state index in [9.17, 15) is 14.3 Å². The minimum Gasteiger partial charge on any atom is -0.487 e. The number of benzene rings is 3. The number of hydrogen-bond donors (Lipinski definition) is 1. The van der Waals surface area contributed by atoms with Crippen molar-refractivity contribution in [3.05, 3.63) is 114 Å². The first-order valence-corrected chi connectivity index (χ1v) is 17.0. The van der Waals surface area contributed by atoms with Crippen molar-refractivity contribution in [1.82, 2.24) is 14.5 Å². The number of rotatable bonds is 11. The van der Waals surface area contributed by atoms with E-state index >= 15 is 0 Å². The summed E-state index contributed by atoms with van der Waals surface area (Å²) in [6.07, 6.45) is 2.15. The van der Waals surface area contributed by atoms with Gasteiger partial charge in [0.2, 0.25) is 5.88 Å². The second-order valence-electron chi connectivity index (χ2n) is 13.8. The van der Waals surface area contributed by atoms with E-state index in [1.807, 2.05) is 36.4 Å². The summed E-state index contributed by atoms with van der Waals surface area (Å²) >= 11 is 1.74. The number of hydrogen-bond acceptors (Lipinski definition) is 6. The van der Waals surface area contributed by atoms with Gasteiger partial charge in [0.15, 0.2) is 0 Å². The van der Waals surface area contributed by atoms with Crippen LogP contribution in [0, 0.1) is 11.2 Å².